The van der Waals surface area contributed by atoms with Crippen LogP contribution in [-0.4, -0.2) is 10.8 Å². The van der Waals surface area contributed by atoms with E-state index >= 15 is 0 Å². The van der Waals surface area contributed by atoms with E-state index < -0.39 is 0 Å². The number of aromatic nitrogens is 1. The molecular formula is C8H8N3. The summed E-state index contributed by atoms with van der Waals surface area (Å²) in [6, 6.07) is 3.80. The Bertz CT molecular complexity index is 304. The molecule has 0 aromatic carbocycles. The third-order valence-electron chi connectivity index (χ3n) is 1.57. The minimum atomic E-state index is 0.754. The van der Waals surface area contributed by atoms with Gasteiger partial charge in [-0.1, -0.05) is 6.92 Å². The highest BCUT2D eigenvalue weighted by Crippen LogP contribution is 2.27. The Morgan fingerprint density at radius 3 is 3.09 bits per heavy atom. The summed E-state index contributed by atoms with van der Waals surface area (Å²) in [6.07, 6.45) is 2.60. The molecule has 0 fully saturated rings. The van der Waals surface area contributed by atoms with Crippen molar-refractivity contribution in [2.24, 2.45) is 4.99 Å². The molecule has 3 heteroatoms. The molecule has 0 amide bonds. The third kappa shape index (κ3) is 0.981. The second-order valence-corrected chi connectivity index (χ2v) is 2.34. The SMILES string of the molecule is CCC1=Nc2cccnc2[N]1. The number of nitrogens with zero attached hydrogens (tertiary/aromatic N) is 3. The summed E-state index contributed by atoms with van der Waals surface area (Å²) in [6.45, 7) is 2.04. The van der Waals surface area contributed by atoms with Crippen LogP contribution in [0, 0.1) is 0 Å². The van der Waals surface area contributed by atoms with Crippen LogP contribution in [0.1, 0.15) is 13.3 Å². The van der Waals surface area contributed by atoms with Gasteiger partial charge in [0.15, 0.2) is 5.82 Å². The summed E-state index contributed by atoms with van der Waals surface area (Å²) >= 11 is 0. The van der Waals surface area contributed by atoms with E-state index in [0.29, 0.717) is 0 Å². The fourth-order valence-corrected chi connectivity index (χ4v) is 1.01. The molecule has 1 radical (unpaired) electrons. The van der Waals surface area contributed by atoms with Crippen LogP contribution in [0.5, 0.6) is 0 Å². The summed E-state index contributed by atoms with van der Waals surface area (Å²) in [5, 5.41) is 4.21. The van der Waals surface area contributed by atoms with Crippen molar-refractivity contribution < 1.29 is 0 Å². The second-order valence-electron chi connectivity index (χ2n) is 2.34. The third-order valence-corrected chi connectivity index (χ3v) is 1.57. The van der Waals surface area contributed by atoms with Crippen LogP contribution in [0.2, 0.25) is 0 Å². The van der Waals surface area contributed by atoms with Gasteiger partial charge in [-0.2, -0.15) is 0 Å². The van der Waals surface area contributed by atoms with Crippen molar-refractivity contribution in [1.29, 1.82) is 0 Å². The lowest BCUT2D eigenvalue weighted by molar-refractivity contribution is 1.12. The van der Waals surface area contributed by atoms with Crippen LogP contribution in [0.3, 0.4) is 0 Å². The van der Waals surface area contributed by atoms with Gasteiger partial charge in [-0.15, -0.1) is 0 Å². The molecule has 2 rings (SSSR count). The number of rotatable bonds is 1. The zero-order valence-electron chi connectivity index (χ0n) is 6.28. The molecule has 1 aromatic heterocycles. The molecule has 0 saturated heterocycles. The molecular weight excluding hydrogens is 138 g/mol. The Morgan fingerprint density at radius 2 is 2.36 bits per heavy atom. The number of amidine groups is 1. The molecule has 0 spiro atoms. The normalized spacial score (nSPS) is 13.7. The molecule has 1 aromatic rings. The number of fused-ring (bicyclic) bond motifs is 1. The summed E-state index contributed by atoms with van der Waals surface area (Å²) < 4.78 is 0. The number of aliphatic imine (C=N–C) groups is 1. The Labute approximate surface area is 65.2 Å². The zero-order valence-corrected chi connectivity index (χ0v) is 6.28. The van der Waals surface area contributed by atoms with E-state index in [0.717, 1.165) is 23.8 Å². The summed E-state index contributed by atoms with van der Waals surface area (Å²) in [4.78, 5) is 8.33. The Balaban J connectivity index is 2.39. The van der Waals surface area contributed by atoms with Gasteiger partial charge >= 0.3 is 0 Å². The van der Waals surface area contributed by atoms with Gasteiger partial charge in [0.1, 0.15) is 11.5 Å². The van der Waals surface area contributed by atoms with Crippen LogP contribution >= 0.6 is 0 Å². The van der Waals surface area contributed by atoms with Gasteiger partial charge in [-0.3, -0.25) is 0 Å². The van der Waals surface area contributed by atoms with E-state index in [4.69, 9.17) is 0 Å². The maximum Gasteiger partial charge on any atom is 0.179 e. The van der Waals surface area contributed by atoms with Gasteiger partial charge in [-0.05, 0) is 12.1 Å². The highest BCUT2D eigenvalue weighted by molar-refractivity contribution is 5.94. The van der Waals surface area contributed by atoms with E-state index in [1.54, 1.807) is 6.20 Å². The fourth-order valence-electron chi connectivity index (χ4n) is 1.01. The minimum absolute atomic E-state index is 0.754. The summed E-state index contributed by atoms with van der Waals surface area (Å²) in [5.74, 6) is 1.63. The second kappa shape index (κ2) is 2.34. The lowest BCUT2D eigenvalue weighted by Gasteiger charge is -1.91. The van der Waals surface area contributed by atoms with Gasteiger partial charge in [0.05, 0.1) is 0 Å². The van der Waals surface area contributed by atoms with Crippen molar-refractivity contribution in [2.45, 2.75) is 13.3 Å². The van der Waals surface area contributed by atoms with Crippen molar-refractivity contribution in [3.63, 3.8) is 0 Å². The van der Waals surface area contributed by atoms with E-state index in [-0.39, 0.29) is 0 Å². The molecule has 3 nitrogen and oxygen atoms in total. The van der Waals surface area contributed by atoms with E-state index in [2.05, 4.69) is 15.3 Å². The molecule has 0 N–H and O–H groups in total. The van der Waals surface area contributed by atoms with Crippen molar-refractivity contribution in [2.75, 3.05) is 0 Å². The van der Waals surface area contributed by atoms with E-state index in [1.807, 2.05) is 19.1 Å². The quantitative estimate of drug-likeness (QED) is 0.595. The Morgan fingerprint density at radius 1 is 1.45 bits per heavy atom. The smallest absolute Gasteiger partial charge is 0.179 e. The molecule has 0 aliphatic carbocycles. The van der Waals surface area contributed by atoms with Crippen LogP contribution in [0.4, 0.5) is 11.5 Å². The first-order chi connectivity index (χ1) is 5.40. The first-order valence-corrected chi connectivity index (χ1v) is 3.64. The van der Waals surface area contributed by atoms with Gasteiger partial charge in [0.25, 0.3) is 0 Å². The molecule has 0 bridgehead atoms. The first kappa shape index (κ1) is 6.34. The summed E-state index contributed by atoms with van der Waals surface area (Å²) in [5.41, 5.74) is 0.893. The fraction of sp³-hybridized carbons (Fsp3) is 0.250. The molecule has 55 valence electrons. The highest BCUT2D eigenvalue weighted by Gasteiger charge is 2.13. The topological polar surface area (TPSA) is 39.4 Å². The van der Waals surface area contributed by atoms with Crippen molar-refractivity contribution in [3.05, 3.63) is 18.3 Å². The maximum absolute atomic E-state index is 4.26. The lowest BCUT2D eigenvalue weighted by atomic mass is 10.4. The van der Waals surface area contributed by atoms with Crippen LogP contribution in [0.25, 0.3) is 0 Å². The van der Waals surface area contributed by atoms with Gasteiger partial charge in [0.2, 0.25) is 0 Å². The van der Waals surface area contributed by atoms with E-state index in [1.165, 1.54) is 0 Å². The predicted molar refractivity (Wildman–Crippen MR) is 43.4 cm³/mol. The van der Waals surface area contributed by atoms with Crippen LogP contribution < -0.4 is 5.32 Å². The number of pyridine rings is 1. The van der Waals surface area contributed by atoms with Crippen LogP contribution in [-0.2, 0) is 0 Å². The standard InChI is InChI=1S/C8H8N3/c1-2-7-10-6-4-3-5-9-8(6)11-7/h3-5H,2H2,1H3. The largest absolute Gasteiger partial charge is 0.235 e. The number of hydrogen-bond acceptors (Lipinski definition) is 2. The highest BCUT2D eigenvalue weighted by atomic mass is 15.1. The van der Waals surface area contributed by atoms with E-state index in [9.17, 15) is 0 Å². The minimum Gasteiger partial charge on any atom is -0.235 e. The Hall–Kier alpha value is -1.38. The van der Waals surface area contributed by atoms with Crippen molar-refractivity contribution in [3.8, 4) is 0 Å². The molecule has 2 heterocycles. The molecule has 11 heavy (non-hydrogen) atoms. The zero-order chi connectivity index (χ0) is 7.68. The average Bonchev–Trinajstić information content (AvgIpc) is 2.46. The maximum atomic E-state index is 4.26. The number of hydrogen-bond donors (Lipinski definition) is 0. The molecule has 1 aliphatic rings. The van der Waals surface area contributed by atoms with Crippen LogP contribution in [0.15, 0.2) is 23.3 Å². The molecule has 0 unspecified atom stereocenters. The Kier molecular flexibility index (Phi) is 1.35. The van der Waals surface area contributed by atoms with Gasteiger partial charge in [0, 0.05) is 12.6 Å². The van der Waals surface area contributed by atoms with Crippen molar-refractivity contribution >= 4 is 17.3 Å². The molecule has 1 aliphatic heterocycles. The molecule has 0 saturated carbocycles. The van der Waals surface area contributed by atoms with Gasteiger partial charge < -0.3 is 0 Å². The van der Waals surface area contributed by atoms with Gasteiger partial charge in [-0.25, -0.2) is 15.3 Å². The average molecular weight is 146 g/mol. The monoisotopic (exact) mass is 146 g/mol. The van der Waals surface area contributed by atoms with Crippen molar-refractivity contribution in [1.82, 2.24) is 10.3 Å². The molecule has 0 atom stereocenters. The first-order valence-electron chi connectivity index (χ1n) is 3.64. The lowest BCUT2D eigenvalue weighted by Crippen LogP contribution is -2.04. The summed E-state index contributed by atoms with van der Waals surface area (Å²) in [7, 11) is 0. The predicted octanol–water partition coefficient (Wildman–Crippen LogP) is 1.77.